The number of aliphatic hydroxyl groups excluding tert-OH is 2. The van der Waals surface area contributed by atoms with Gasteiger partial charge in [-0.25, -0.2) is 9.13 Å². The Balaban J connectivity index is 4.66. The van der Waals surface area contributed by atoms with Gasteiger partial charge in [0, 0.05) is 19.3 Å². The Hall–Kier alpha value is -5.87. The first kappa shape index (κ1) is 113. The molecule has 0 fully saturated rings. The molecule has 676 valence electrons. The summed E-state index contributed by atoms with van der Waals surface area (Å²) in [5.41, 5.74) is 0. The quantitative estimate of drug-likeness (QED) is 0.0146. The molecule has 0 amide bonds. The van der Waals surface area contributed by atoms with Gasteiger partial charge in [-0.05, 0) is 167 Å². The van der Waals surface area contributed by atoms with Crippen molar-refractivity contribution in [3.8, 4) is 0 Å². The third-order valence-corrected chi connectivity index (χ3v) is 20.9. The molecular weight excluding hydrogens is 1530 g/mol. The van der Waals surface area contributed by atoms with E-state index in [0.29, 0.717) is 19.3 Å². The van der Waals surface area contributed by atoms with Crippen LogP contribution in [0.2, 0.25) is 0 Å². The van der Waals surface area contributed by atoms with Crippen molar-refractivity contribution in [1.82, 2.24) is 0 Å². The van der Waals surface area contributed by atoms with Gasteiger partial charge in [0.1, 0.15) is 25.4 Å². The van der Waals surface area contributed by atoms with E-state index in [2.05, 4.69) is 227 Å². The molecule has 0 aromatic rings. The molecule has 0 spiro atoms. The van der Waals surface area contributed by atoms with Gasteiger partial charge in [0.05, 0.1) is 26.4 Å². The van der Waals surface area contributed by atoms with E-state index in [1.165, 1.54) is 103 Å². The SMILES string of the molecule is CC/C=C\C/C=C\C/C=C\C/C=C\C/C=C\C/C=C\CCCCCCCCCCCCCCC(=O)OCC(O)COP(=O)(O)OCC(O)COP(=O)(O)OCC(COC(=O)CCCCCCCCCCCCCCC/C=C\C/C=C\C/C=C\C/C=C\C/C=C\CC)OC(=O)CCCCCC/C=C\C/C=C\C/C=C\C/C=C\C/C=C\C/C=C\CC. The van der Waals surface area contributed by atoms with E-state index in [1.54, 1.807) is 0 Å². The van der Waals surface area contributed by atoms with Gasteiger partial charge >= 0.3 is 33.6 Å². The lowest BCUT2D eigenvalue weighted by molar-refractivity contribution is -0.161. The molecule has 4 N–H and O–H groups in total. The van der Waals surface area contributed by atoms with E-state index in [-0.39, 0.29) is 19.3 Å². The van der Waals surface area contributed by atoms with E-state index < -0.39 is 91.5 Å². The monoisotopic (exact) mass is 1700 g/mol. The second-order valence-electron chi connectivity index (χ2n) is 30.3. The fourth-order valence-corrected chi connectivity index (χ4v) is 13.7. The third kappa shape index (κ3) is 92.7. The first-order valence-electron chi connectivity index (χ1n) is 46.4. The number of phosphoric ester groups is 2. The minimum Gasteiger partial charge on any atom is -0.463 e. The van der Waals surface area contributed by atoms with E-state index in [1.807, 2.05) is 0 Å². The number of carbonyl (C=O) groups excluding carboxylic acids is 3. The Morgan fingerprint density at radius 1 is 0.235 bits per heavy atom. The predicted molar refractivity (Wildman–Crippen MR) is 500 cm³/mol. The third-order valence-electron chi connectivity index (χ3n) is 19.0. The molecule has 0 aromatic carbocycles. The van der Waals surface area contributed by atoms with Gasteiger partial charge in [-0.2, -0.15) is 0 Å². The van der Waals surface area contributed by atoms with Crippen LogP contribution in [0.3, 0.4) is 0 Å². The van der Waals surface area contributed by atoms with Crippen LogP contribution in [0.4, 0.5) is 0 Å². The number of phosphoric acid groups is 2. The van der Waals surface area contributed by atoms with Crippen molar-refractivity contribution in [2.24, 2.45) is 0 Å². The summed E-state index contributed by atoms with van der Waals surface area (Å²) in [5, 5.41) is 20.7. The maximum absolute atomic E-state index is 13.1. The number of hydrogen-bond donors (Lipinski definition) is 4. The fourth-order valence-electron chi connectivity index (χ4n) is 12.1. The van der Waals surface area contributed by atoms with Crippen LogP contribution in [0.1, 0.15) is 355 Å². The summed E-state index contributed by atoms with van der Waals surface area (Å²) < 4.78 is 61.5. The van der Waals surface area contributed by atoms with Crippen LogP contribution >= 0.6 is 15.6 Å². The maximum atomic E-state index is 13.1. The lowest BCUT2D eigenvalue weighted by Gasteiger charge is -2.21. The molecule has 0 aromatic heterocycles. The van der Waals surface area contributed by atoms with E-state index >= 15 is 0 Å². The number of hydrogen-bond acceptors (Lipinski definition) is 14. The zero-order valence-corrected chi connectivity index (χ0v) is 76.2. The van der Waals surface area contributed by atoms with Crippen molar-refractivity contribution >= 4 is 33.6 Å². The van der Waals surface area contributed by atoms with Crippen LogP contribution in [-0.4, -0.2) is 95.9 Å². The summed E-state index contributed by atoms with van der Waals surface area (Å²) in [6.07, 6.45) is 123. The van der Waals surface area contributed by atoms with Crippen LogP contribution < -0.4 is 0 Å². The molecule has 0 saturated carbocycles. The molecule has 0 rings (SSSR count). The van der Waals surface area contributed by atoms with Crippen LogP contribution in [-0.2, 0) is 55.8 Å². The molecule has 5 atom stereocenters. The summed E-state index contributed by atoms with van der Waals surface area (Å²) >= 11 is 0. The standard InChI is InChI=1S/C101H166O16P2/c1-4-7-10-13-16-19-22-25-28-31-34-37-40-42-44-46-47-49-51-52-55-57-60-63-66-69-72-75-78-81-84-87-99(104)111-90-96(102)91-113-118(107,108)114-92-97(103)93-115-119(109,110)116-95-98(117-101(106)89-86-83-80-77-74-71-68-65-62-59-54-39-36-33-30-27-24-21-18-15-12-9-6-3)94-112-100(105)88-85-82-79-76-73-70-67-64-61-58-56-53-50-48-45-43-41-38-35-32-29-26-23-20-17-14-11-8-5-2/h7-12,16-21,25-30,34-39,42-45,47,49,59,62,68,71,96-98,102-103H,4-6,13-15,22-24,31-33,40-41,46,48,50-58,60-61,63-67,69-70,72-95H2,1-3H3,(H,107,108)(H,109,110)/b10-7-,11-8-,12-9-,19-16-,20-17-,21-18-,28-25-,29-26-,30-27-,37-34-,38-35-,39-36-,44-42-,45-43-,49-47-,62-59-,71-68-. The Morgan fingerprint density at radius 2 is 0.420 bits per heavy atom. The molecule has 18 heteroatoms. The van der Waals surface area contributed by atoms with Crippen molar-refractivity contribution in [3.05, 3.63) is 207 Å². The molecule has 0 aliphatic rings. The minimum absolute atomic E-state index is 0.0678. The summed E-state index contributed by atoms with van der Waals surface area (Å²) in [6.45, 7) is 2.33. The fraction of sp³-hybridized carbons (Fsp3) is 0.634. The van der Waals surface area contributed by atoms with Crippen molar-refractivity contribution in [3.63, 3.8) is 0 Å². The second kappa shape index (κ2) is 91.3. The Morgan fingerprint density at radius 3 is 0.664 bits per heavy atom. The maximum Gasteiger partial charge on any atom is 0.472 e. The highest BCUT2D eigenvalue weighted by Crippen LogP contribution is 2.45. The smallest absolute Gasteiger partial charge is 0.463 e. The molecular formula is C101H166O16P2. The molecule has 0 bridgehead atoms. The molecule has 16 nitrogen and oxygen atoms in total. The zero-order chi connectivity index (χ0) is 86.5. The molecule has 119 heavy (non-hydrogen) atoms. The van der Waals surface area contributed by atoms with Gasteiger partial charge in [0.15, 0.2) is 6.10 Å². The highest BCUT2D eigenvalue weighted by molar-refractivity contribution is 7.47. The van der Waals surface area contributed by atoms with Gasteiger partial charge < -0.3 is 34.2 Å². The van der Waals surface area contributed by atoms with Crippen molar-refractivity contribution < 1.29 is 75.8 Å². The van der Waals surface area contributed by atoms with Crippen LogP contribution in [0, 0.1) is 0 Å². The van der Waals surface area contributed by atoms with Gasteiger partial charge in [-0.1, -0.05) is 375 Å². The molecule has 0 heterocycles. The number of rotatable bonds is 86. The highest BCUT2D eigenvalue weighted by atomic mass is 31.2. The van der Waals surface area contributed by atoms with Crippen LogP contribution in [0.25, 0.3) is 0 Å². The first-order chi connectivity index (χ1) is 58.2. The average Bonchev–Trinajstić information content (AvgIpc) is 0.905. The van der Waals surface area contributed by atoms with Crippen molar-refractivity contribution in [2.45, 2.75) is 373 Å². The number of unbranched alkanes of at least 4 members (excludes halogenated alkanes) is 29. The van der Waals surface area contributed by atoms with Crippen molar-refractivity contribution in [2.75, 3.05) is 39.6 Å². The molecule has 0 aliphatic carbocycles. The van der Waals surface area contributed by atoms with Crippen molar-refractivity contribution in [1.29, 1.82) is 0 Å². The predicted octanol–water partition coefficient (Wildman–Crippen LogP) is 28.8. The normalized spacial score (nSPS) is 14.7. The molecule has 5 unspecified atom stereocenters. The molecule has 0 radical (unpaired) electrons. The van der Waals surface area contributed by atoms with E-state index in [9.17, 15) is 43.5 Å². The number of ether oxygens (including phenoxy) is 3. The Bertz CT molecular complexity index is 2990. The summed E-state index contributed by atoms with van der Waals surface area (Å²) in [6, 6.07) is 0. The summed E-state index contributed by atoms with van der Waals surface area (Å²) in [7, 11) is -9.83. The van der Waals surface area contributed by atoms with Gasteiger partial charge in [0.2, 0.25) is 0 Å². The van der Waals surface area contributed by atoms with E-state index in [0.717, 1.165) is 193 Å². The van der Waals surface area contributed by atoms with Crippen LogP contribution in [0.15, 0.2) is 207 Å². The lowest BCUT2D eigenvalue weighted by Crippen LogP contribution is -2.30. The minimum atomic E-state index is -4.96. The van der Waals surface area contributed by atoms with Crippen LogP contribution in [0.5, 0.6) is 0 Å². The number of aliphatic hydroxyl groups is 2. The van der Waals surface area contributed by atoms with Gasteiger partial charge in [0.25, 0.3) is 0 Å². The average molecular weight is 1700 g/mol. The Kier molecular flexibility index (Phi) is 86.8. The Labute approximate surface area is 724 Å². The number of allylic oxidation sites excluding steroid dienone is 34. The number of carbonyl (C=O) groups is 3. The topological polar surface area (TPSA) is 231 Å². The second-order valence-corrected chi connectivity index (χ2v) is 33.2. The summed E-state index contributed by atoms with van der Waals surface area (Å²) in [5.74, 6) is -1.61. The van der Waals surface area contributed by atoms with E-state index in [4.69, 9.17) is 32.3 Å². The molecule has 0 aliphatic heterocycles. The molecule has 0 saturated heterocycles. The zero-order valence-electron chi connectivity index (χ0n) is 74.5. The summed E-state index contributed by atoms with van der Waals surface area (Å²) in [4.78, 5) is 59.0. The largest absolute Gasteiger partial charge is 0.472 e. The first-order valence-corrected chi connectivity index (χ1v) is 49.4. The van der Waals surface area contributed by atoms with Gasteiger partial charge in [-0.15, -0.1) is 0 Å². The van der Waals surface area contributed by atoms with Gasteiger partial charge in [-0.3, -0.25) is 32.5 Å². The highest BCUT2D eigenvalue weighted by Gasteiger charge is 2.29. The lowest BCUT2D eigenvalue weighted by atomic mass is 10.0. The number of esters is 3.